The van der Waals surface area contributed by atoms with Crippen molar-refractivity contribution in [2.45, 2.75) is 19.5 Å². The van der Waals surface area contributed by atoms with Gasteiger partial charge in [0, 0.05) is 35.4 Å². The number of pyridine rings is 1. The second-order valence-electron chi connectivity index (χ2n) is 7.66. The van der Waals surface area contributed by atoms with Gasteiger partial charge in [-0.25, -0.2) is 4.39 Å². The molecule has 5 rings (SSSR count). The van der Waals surface area contributed by atoms with Crippen LogP contribution in [0.2, 0.25) is 5.02 Å². The van der Waals surface area contributed by atoms with Crippen molar-refractivity contribution >= 4 is 45.6 Å². The molecule has 2 aromatic carbocycles. The SMILES string of the molecule is O=C1C(=O)N(Cc2cn(CCCNc3ccnc4cc(Cl)ccc34)nn2)c2ccc(F)cc21. The maximum Gasteiger partial charge on any atom is 0.299 e. The van der Waals surface area contributed by atoms with Crippen LogP contribution in [0.15, 0.2) is 54.9 Å². The fraction of sp³-hybridized carbons (Fsp3) is 0.174. The van der Waals surface area contributed by atoms with Crippen molar-refractivity contribution in [3.63, 3.8) is 0 Å². The molecule has 0 saturated heterocycles. The van der Waals surface area contributed by atoms with E-state index in [2.05, 4.69) is 20.6 Å². The monoisotopic (exact) mass is 464 g/mol. The van der Waals surface area contributed by atoms with Gasteiger partial charge in [-0.2, -0.15) is 0 Å². The van der Waals surface area contributed by atoms with Crippen LogP contribution >= 0.6 is 11.6 Å². The number of hydrogen-bond acceptors (Lipinski definition) is 6. The molecule has 8 nitrogen and oxygen atoms in total. The molecule has 0 saturated carbocycles. The molecule has 0 radical (unpaired) electrons. The highest BCUT2D eigenvalue weighted by Crippen LogP contribution is 2.30. The number of nitrogens with zero attached hydrogens (tertiary/aromatic N) is 5. The number of rotatable bonds is 7. The summed E-state index contributed by atoms with van der Waals surface area (Å²) in [5, 5.41) is 13.3. The van der Waals surface area contributed by atoms with Gasteiger partial charge in [-0.3, -0.25) is 24.2 Å². The van der Waals surface area contributed by atoms with Crippen LogP contribution in [-0.4, -0.2) is 38.2 Å². The Morgan fingerprint density at radius 1 is 1.09 bits per heavy atom. The molecule has 0 spiro atoms. The lowest BCUT2D eigenvalue weighted by Gasteiger charge is -2.14. The molecule has 0 bridgehead atoms. The van der Waals surface area contributed by atoms with E-state index in [1.54, 1.807) is 17.1 Å². The highest BCUT2D eigenvalue weighted by Gasteiger charge is 2.36. The van der Waals surface area contributed by atoms with Crippen molar-refractivity contribution in [1.29, 1.82) is 0 Å². The number of benzene rings is 2. The molecule has 2 aromatic heterocycles. The third-order valence-corrected chi connectivity index (χ3v) is 5.66. The maximum absolute atomic E-state index is 13.4. The summed E-state index contributed by atoms with van der Waals surface area (Å²) in [4.78, 5) is 30.1. The van der Waals surface area contributed by atoms with Crippen LogP contribution in [0.5, 0.6) is 0 Å². The summed E-state index contributed by atoms with van der Waals surface area (Å²) in [7, 11) is 0. The number of anilines is 2. The van der Waals surface area contributed by atoms with Gasteiger partial charge >= 0.3 is 0 Å². The van der Waals surface area contributed by atoms with E-state index in [0.29, 0.717) is 29.5 Å². The zero-order valence-corrected chi connectivity index (χ0v) is 18.1. The first kappa shape index (κ1) is 21.0. The van der Waals surface area contributed by atoms with Gasteiger partial charge in [0.1, 0.15) is 11.5 Å². The standard InChI is InChI=1S/C23H18ClFN6O2/c24-14-2-4-17-19(6-8-27-20(17)10-14)26-7-1-9-30-12-16(28-29-30)13-31-21-5-3-15(25)11-18(21)22(32)23(31)33/h2-6,8,10-12H,1,7,9,13H2,(H,26,27). The minimum Gasteiger partial charge on any atom is -0.384 e. The number of Topliss-reactive ketones (excluding diaryl/α,β-unsaturated/α-hetero) is 1. The van der Waals surface area contributed by atoms with Gasteiger partial charge in [-0.15, -0.1) is 5.10 Å². The number of hydrogen-bond donors (Lipinski definition) is 1. The van der Waals surface area contributed by atoms with Gasteiger partial charge in [0.05, 0.1) is 29.5 Å². The fourth-order valence-electron chi connectivity index (χ4n) is 3.85. The molecule has 166 valence electrons. The first-order valence-corrected chi connectivity index (χ1v) is 10.7. The Morgan fingerprint density at radius 2 is 1.97 bits per heavy atom. The second kappa shape index (κ2) is 8.59. The molecule has 1 amide bonds. The van der Waals surface area contributed by atoms with Crippen molar-refractivity contribution in [2.75, 3.05) is 16.8 Å². The van der Waals surface area contributed by atoms with Gasteiger partial charge in [0.15, 0.2) is 0 Å². The Hall–Kier alpha value is -3.85. The zero-order chi connectivity index (χ0) is 22.9. The van der Waals surface area contributed by atoms with E-state index in [1.165, 1.54) is 17.0 Å². The van der Waals surface area contributed by atoms with Gasteiger partial charge in [0.25, 0.3) is 11.7 Å². The molecule has 0 atom stereocenters. The molecule has 1 N–H and O–H groups in total. The summed E-state index contributed by atoms with van der Waals surface area (Å²) < 4.78 is 15.1. The number of fused-ring (bicyclic) bond motifs is 2. The fourth-order valence-corrected chi connectivity index (χ4v) is 4.02. The Kier molecular flexibility index (Phi) is 5.47. The van der Waals surface area contributed by atoms with Crippen LogP contribution in [0.1, 0.15) is 22.5 Å². The molecule has 0 fully saturated rings. The van der Waals surface area contributed by atoms with Gasteiger partial charge in [0.2, 0.25) is 0 Å². The maximum atomic E-state index is 13.4. The van der Waals surface area contributed by atoms with Gasteiger partial charge < -0.3 is 5.32 Å². The quantitative estimate of drug-likeness (QED) is 0.330. The molecular formula is C23H18ClFN6O2. The van der Waals surface area contributed by atoms with Crippen LogP contribution in [-0.2, 0) is 17.9 Å². The van der Waals surface area contributed by atoms with Crippen molar-refractivity contribution in [2.24, 2.45) is 0 Å². The van der Waals surface area contributed by atoms with E-state index < -0.39 is 17.5 Å². The number of aryl methyl sites for hydroxylation is 1. The van der Waals surface area contributed by atoms with Crippen molar-refractivity contribution in [1.82, 2.24) is 20.0 Å². The number of ketones is 1. The van der Waals surface area contributed by atoms with E-state index >= 15 is 0 Å². The predicted octanol–water partition coefficient (Wildman–Crippen LogP) is 3.85. The van der Waals surface area contributed by atoms with E-state index in [1.807, 2.05) is 24.3 Å². The first-order chi connectivity index (χ1) is 16.0. The normalized spacial score (nSPS) is 13.1. The lowest BCUT2D eigenvalue weighted by molar-refractivity contribution is -0.114. The molecule has 1 aliphatic rings. The number of carbonyl (C=O) groups excluding carboxylic acids is 2. The topological polar surface area (TPSA) is 93.0 Å². The van der Waals surface area contributed by atoms with Crippen LogP contribution in [0.25, 0.3) is 10.9 Å². The molecule has 33 heavy (non-hydrogen) atoms. The predicted molar refractivity (Wildman–Crippen MR) is 122 cm³/mol. The summed E-state index contributed by atoms with van der Waals surface area (Å²) in [5.41, 5.74) is 2.80. The zero-order valence-electron chi connectivity index (χ0n) is 17.3. The summed E-state index contributed by atoms with van der Waals surface area (Å²) in [5.74, 6) is -1.96. The average Bonchev–Trinajstić information content (AvgIpc) is 3.35. The summed E-state index contributed by atoms with van der Waals surface area (Å²) in [6, 6.07) is 11.3. The van der Waals surface area contributed by atoms with Crippen LogP contribution in [0.3, 0.4) is 0 Å². The Bertz CT molecular complexity index is 1390. The summed E-state index contributed by atoms with van der Waals surface area (Å²) in [6.45, 7) is 1.41. The Balaban J connectivity index is 1.19. The smallest absolute Gasteiger partial charge is 0.299 e. The Labute approximate surface area is 193 Å². The Morgan fingerprint density at radius 3 is 2.85 bits per heavy atom. The molecule has 0 unspecified atom stereocenters. The third-order valence-electron chi connectivity index (χ3n) is 5.42. The number of carbonyl (C=O) groups is 2. The highest BCUT2D eigenvalue weighted by atomic mass is 35.5. The lowest BCUT2D eigenvalue weighted by Crippen LogP contribution is -2.29. The largest absolute Gasteiger partial charge is 0.384 e. The number of aromatic nitrogens is 4. The summed E-state index contributed by atoms with van der Waals surface area (Å²) in [6.07, 6.45) is 4.26. The third kappa shape index (κ3) is 4.14. The molecule has 4 aromatic rings. The molecule has 10 heteroatoms. The van der Waals surface area contributed by atoms with E-state index in [0.717, 1.165) is 29.1 Å². The second-order valence-corrected chi connectivity index (χ2v) is 8.09. The lowest BCUT2D eigenvalue weighted by atomic mass is 10.1. The molecule has 0 aliphatic carbocycles. The molecule has 1 aliphatic heterocycles. The minimum atomic E-state index is -0.714. The summed E-state index contributed by atoms with van der Waals surface area (Å²) >= 11 is 6.04. The van der Waals surface area contributed by atoms with Crippen LogP contribution in [0, 0.1) is 5.82 Å². The molecule has 3 heterocycles. The van der Waals surface area contributed by atoms with Crippen molar-refractivity contribution in [3.05, 3.63) is 77.0 Å². The minimum absolute atomic E-state index is 0.0735. The van der Waals surface area contributed by atoms with Gasteiger partial charge in [-0.1, -0.05) is 16.8 Å². The van der Waals surface area contributed by atoms with E-state index in [9.17, 15) is 14.0 Å². The van der Waals surface area contributed by atoms with E-state index in [4.69, 9.17) is 11.6 Å². The van der Waals surface area contributed by atoms with E-state index in [-0.39, 0.29) is 12.1 Å². The van der Waals surface area contributed by atoms with Crippen molar-refractivity contribution in [3.8, 4) is 0 Å². The van der Waals surface area contributed by atoms with Crippen LogP contribution < -0.4 is 10.2 Å². The van der Waals surface area contributed by atoms with Gasteiger partial charge in [-0.05, 0) is 48.9 Å². The molecular weight excluding hydrogens is 447 g/mol. The highest BCUT2D eigenvalue weighted by molar-refractivity contribution is 6.52. The van der Waals surface area contributed by atoms with Crippen molar-refractivity contribution < 1.29 is 14.0 Å². The number of nitrogens with one attached hydrogen (secondary N) is 1. The first-order valence-electron chi connectivity index (χ1n) is 10.3. The number of amides is 1. The number of halogens is 2. The average molecular weight is 465 g/mol. The van der Waals surface area contributed by atoms with Crippen LogP contribution in [0.4, 0.5) is 15.8 Å².